The van der Waals surface area contributed by atoms with E-state index in [0.29, 0.717) is 6.04 Å². The van der Waals surface area contributed by atoms with Crippen molar-refractivity contribution in [3.8, 4) is 16.8 Å². The lowest BCUT2D eigenvalue weighted by atomic mass is 9.96. The maximum atomic E-state index is 3.79. The van der Waals surface area contributed by atoms with Crippen molar-refractivity contribution >= 4 is 49.0 Å². The molecule has 192 valence electrons. The van der Waals surface area contributed by atoms with E-state index in [4.69, 9.17) is 0 Å². The molecule has 0 spiro atoms. The molecule has 0 radical (unpaired) electrons. The maximum Gasteiger partial charge on any atom is 0.0978 e. The third-order valence-electron chi connectivity index (χ3n) is 9.38. The van der Waals surface area contributed by atoms with Crippen LogP contribution >= 0.6 is 0 Å². The first kappa shape index (κ1) is 21.7. The molecule has 2 unspecified atom stereocenters. The van der Waals surface area contributed by atoms with E-state index in [0.717, 1.165) is 0 Å². The van der Waals surface area contributed by atoms with E-state index < -0.39 is 0 Å². The normalized spacial score (nSPS) is 19.8. The van der Waals surface area contributed by atoms with Crippen molar-refractivity contribution in [1.82, 2.24) is 14.3 Å². The third-order valence-corrected chi connectivity index (χ3v) is 9.38. The Morgan fingerprint density at radius 2 is 1.24 bits per heavy atom. The second kappa shape index (κ2) is 7.54. The Morgan fingerprint density at radius 1 is 0.561 bits per heavy atom. The van der Waals surface area contributed by atoms with Gasteiger partial charge in [-0.05, 0) is 47.5 Å². The van der Waals surface area contributed by atoms with Crippen molar-refractivity contribution in [1.29, 1.82) is 0 Å². The van der Waals surface area contributed by atoms with Gasteiger partial charge in [0.2, 0.25) is 0 Å². The lowest BCUT2D eigenvalue weighted by Gasteiger charge is -2.12. The largest absolute Gasteiger partial charge is 0.310 e. The average molecular weight is 524 g/mol. The van der Waals surface area contributed by atoms with Gasteiger partial charge in [-0.15, -0.1) is 0 Å². The van der Waals surface area contributed by atoms with E-state index in [-0.39, 0.29) is 5.54 Å². The van der Waals surface area contributed by atoms with Gasteiger partial charge in [-0.1, -0.05) is 103 Å². The lowest BCUT2D eigenvalue weighted by molar-refractivity contribution is 0.792. The average Bonchev–Trinajstić information content (AvgIpc) is 3.32. The minimum atomic E-state index is -0.164. The van der Waals surface area contributed by atoms with Crippen LogP contribution < -0.4 is 5.32 Å². The van der Waals surface area contributed by atoms with Gasteiger partial charge in [0.25, 0.3) is 0 Å². The molecule has 4 heterocycles. The van der Waals surface area contributed by atoms with Crippen LogP contribution in [0.4, 0.5) is 0 Å². The molecule has 1 aliphatic carbocycles. The molecule has 3 nitrogen and oxygen atoms in total. The first-order valence-electron chi connectivity index (χ1n) is 14.3. The van der Waals surface area contributed by atoms with Crippen LogP contribution in [0, 0.1) is 0 Å². The summed E-state index contributed by atoms with van der Waals surface area (Å²) in [6.07, 6.45) is 8.97. The molecule has 2 atom stereocenters. The van der Waals surface area contributed by atoms with Gasteiger partial charge in [0.1, 0.15) is 0 Å². The number of rotatable bonds is 3. The summed E-state index contributed by atoms with van der Waals surface area (Å²) in [7, 11) is 0. The Balaban J connectivity index is 1.34. The van der Waals surface area contributed by atoms with Gasteiger partial charge in [-0.2, -0.15) is 0 Å². The third kappa shape index (κ3) is 2.71. The van der Waals surface area contributed by atoms with Crippen molar-refractivity contribution in [3.05, 3.63) is 145 Å². The summed E-state index contributed by atoms with van der Waals surface area (Å²) in [5.41, 5.74) is 9.88. The molecular formula is C38H25N3. The zero-order valence-electron chi connectivity index (χ0n) is 22.3. The smallest absolute Gasteiger partial charge is 0.0978 e. The fourth-order valence-electron chi connectivity index (χ4n) is 7.47. The molecule has 41 heavy (non-hydrogen) atoms. The number of benzene rings is 5. The Morgan fingerprint density at radius 3 is 2.05 bits per heavy atom. The summed E-state index contributed by atoms with van der Waals surface area (Å²) in [4.78, 5) is 0. The quantitative estimate of drug-likeness (QED) is 0.231. The van der Waals surface area contributed by atoms with Crippen LogP contribution in [0.2, 0.25) is 0 Å². The van der Waals surface area contributed by atoms with Crippen LogP contribution in [0.25, 0.3) is 65.8 Å². The monoisotopic (exact) mass is 523 g/mol. The van der Waals surface area contributed by atoms with Crippen LogP contribution in [-0.2, 0) is 5.54 Å². The standard InChI is InChI=1S/C38H25N3/c1-2-10-24(11-3-1)25-17-19-26(20-18-25)40-32-14-6-4-12-27(32)29-22-30-28-13-5-7-15-33(28)41-35(23-31(36(29)40)37(30)41)38-21-9-8-16-34(38)39-38/h1-23,34,39H. The number of hydrogen-bond acceptors (Lipinski definition) is 1. The number of allylic oxidation sites excluding steroid dienone is 2. The molecular weight excluding hydrogens is 498 g/mol. The van der Waals surface area contributed by atoms with Gasteiger partial charge in [0, 0.05) is 32.6 Å². The van der Waals surface area contributed by atoms with Gasteiger partial charge < -0.3 is 8.97 Å². The Labute approximate surface area is 236 Å². The number of fused-ring (bicyclic) bond motifs is 8. The van der Waals surface area contributed by atoms with E-state index >= 15 is 0 Å². The van der Waals surface area contributed by atoms with Crippen molar-refractivity contribution in [3.63, 3.8) is 0 Å². The highest BCUT2D eigenvalue weighted by atomic mass is 15.2. The fourth-order valence-corrected chi connectivity index (χ4v) is 7.47. The molecule has 1 N–H and O–H groups in total. The van der Waals surface area contributed by atoms with Gasteiger partial charge in [0.15, 0.2) is 0 Å². The van der Waals surface area contributed by atoms with Gasteiger partial charge >= 0.3 is 0 Å². The van der Waals surface area contributed by atoms with Crippen molar-refractivity contribution < 1.29 is 0 Å². The first-order valence-corrected chi connectivity index (χ1v) is 14.3. The maximum absolute atomic E-state index is 3.79. The highest BCUT2D eigenvalue weighted by Gasteiger charge is 2.54. The van der Waals surface area contributed by atoms with Crippen molar-refractivity contribution in [2.24, 2.45) is 0 Å². The number of nitrogens with zero attached hydrogens (tertiary/aromatic N) is 2. The van der Waals surface area contributed by atoms with Gasteiger partial charge in [0.05, 0.1) is 39.3 Å². The minimum absolute atomic E-state index is 0.164. The predicted molar refractivity (Wildman–Crippen MR) is 170 cm³/mol. The molecule has 0 bridgehead atoms. The summed E-state index contributed by atoms with van der Waals surface area (Å²) in [5.74, 6) is 0. The Hall–Kier alpha value is -5.12. The molecule has 2 aliphatic rings. The van der Waals surface area contributed by atoms with Crippen LogP contribution in [0.3, 0.4) is 0 Å². The minimum Gasteiger partial charge on any atom is -0.310 e. The number of hydrogen-bond donors (Lipinski definition) is 1. The lowest BCUT2D eigenvalue weighted by Crippen LogP contribution is -2.14. The zero-order chi connectivity index (χ0) is 26.7. The number of aromatic nitrogens is 2. The predicted octanol–water partition coefficient (Wildman–Crippen LogP) is 8.74. The van der Waals surface area contributed by atoms with Crippen molar-refractivity contribution in [2.45, 2.75) is 11.6 Å². The van der Waals surface area contributed by atoms with Crippen molar-refractivity contribution in [2.75, 3.05) is 0 Å². The molecule has 0 amide bonds. The molecule has 10 rings (SSSR count). The highest BCUT2D eigenvalue weighted by molar-refractivity contribution is 6.27. The van der Waals surface area contributed by atoms with E-state index in [9.17, 15) is 0 Å². The SMILES string of the molecule is C1=CC2NC2(c2cc3c4c(cc5c6ccccc6n2c53)c2ccccc2n4-c2ccc(-c3ccccc3)cc2)C=C1. The second-order valence-corrected chi connectivity index (χ2v) is 11.5. The van der Waals surface area contributed by atoms with E-state index in [1.165, 1.54) is 71.5 Å². The van der Waals surface area contributed by atoms with Crippen LogP contribution in [0.1, 0.15) is 5.69 Å². The molecule has 3 heteroatoms. The molecule has 3 aromatic heterocycles. The summed E-state index contributed by atoms with van der Waals surface area (Å²) in [6.45, 7) is 0. The molecule has 1 aliphatic heterocycles. The first-order chi connectivity index (χ1) is 20.3. The number of para-hydroxylation sites is 2. The zero-order valence-corrected chi connectivity index (χ0v) is 22.3. The molecule has 1 saturated heterocycles. The van der Waals surface area contributed by atoms with Gasteiger partial charge in [-0.25, -0.2) is 0 Å². The van der Waals surface area contributed by atoms with E-state index in [2.05, 4.69) is 154 Å². The Kier molecular flexibility index (Phi) is 3.98. The fraction of sp³-hybridized carbons (Fsp3) is 0.0526. The van der Waals surface area contributed by atoms with Crippen LogP contribution in [0.5, 0.6) is 0 Å². The second-order valence-electron chi connectivity index (χ2n) is 11.5. The molecule has 0 saturated carbocycles. The summed E-state index contributed by atoms with van der Waals surface area (Å²) in [6, 6.07) is 42.6. The molecule has 5 aromatic carbocycles. The van der Waals surface area contributed by atoms with E-state index in [1.807, 2.05) is 0 Å². The van der Waals surface area contributed by atoms with Crippen LogP contribution in [-0.4, -0.2) is 15.0 Å². The molecule has 1 fully saturated rings. The number of nitrogens with one attached hydrogen (secondary N) is 1. The molecule has 8 aromatic rings. The van der Waals surface area contributed by atoms with Gasteiger partial charge in [-0.3, -0.25) is 5.32 Å². The van der Waals surface area contributed by atoms with Crippen LogP contribution in [0.15, 0.2) is 140 Å². The van der Waals surface area contributed by atoms with E-state index in [1.54, 1.807) is 0 Å². The highest BCUT2D eigenvalue weighted by Crippen LogP contribution is 2.49. The topological polar surface area (TPSA) is 31.3 Å². The summed E-state index contributed by atoms with van der Waals surface area (Å²) < 4.78 is 5.00. The summed E-state index contributed by atoms with van der Waals surface area (Å²) >= 11 is 0. The Bertz CT molecular complexity index is 2380. The summed E-state index contributed by atoms with van der Waals surface area (Å²) in [5, 5.41) is 10.3.